The van der Waals surface area contributed by atoms with Crippen LogP contribution in [0.1, 0.15) is 24.3 Å². The Balaban J connectivity index is 2.36. The van der Waals surface area contributed by atoms with Crippen LogP contribution in [0.4, 0.5) is 0 Å². The van der Waals surface area contributed by atoms with Crippen molar-refractivity contribution in [3.63, 3.8) is 0 Å². The lowest BCUT2D eigenvalue weighted by molar-refractivity contribution is 0.0897. The minimum absolute atomic E-state index is 0.0239. The molecule has 3 unspecified atom stereocenters. The number of hydrogen-bond donors (Lipinski definition) is 0. The molecule has 2 rings (SSSR count). The van der Waals surface area contributed by atoms with E-state index in [1.54, 1.807) is 14.2 Å². The molecular formula is C14H18BrClO3. The van der Waals surface area contributed by atoms with Gasteiger partial charge in [0.2, 0.25) is 0 Å². The number of benzene rings is 1. The zero-order chi connectivity index (χ0) is 14.0. The summed E-state index contributed by atoms with van der Waals surface area (Å²) in [5.74, 6) is 1.89. The molecule has 1 saturated heterocycles. The van der Waals surface area contributed by atoms with Crippen LogP contribution in [0.2, 0.25) is 0 Å². The third kappa shape index (κ3) is 2.86. The van der Waals surface area contributed by atoms with Crippen LogP contribution in [0.5, 0.6) is 11.5 Å². The van der Waals surface area contributed by atoms with E-state index in [0.717, 1.165) is 28.8 Å². The monoisotopic (exact) mass is 348 g/mol. The van der Waals surface area contributed by atoms with Gasteiger partial charge < -0.3 is 14.2 Å². The first-order chi connectivity index (χ1) is 9.10. The SMILES string of the molecule is COc1ccc(C(Cl)C2OCCC2C)c(OC)c1Br. The first-order valence-electron chi connectivity index (χ1n) is 6.26. The topological polar surface area (TPSA) is 27.7 Å². The molecule has 3 atom stereocenters. The third-order valence-corrected chi connectivity index (χ3v) is 4.78. The molecule has 0 saturated carbocycles. The van der Waals surface area contributed by atoms with Gasteiger partial charge in [-0.1, -0.05) is 6.92 Å². The van der Waals surface area contributed by atoms with E-state index in [1.165, 1.54) is 0 Å². The van der Waals surface area contributed by atoms with Crippen molar-refractivity contribution in [3.8, 4) is 11.5 Å². The fourth-order valence-electron chi connectivity index (χ4n) is 2.40. The Kier molecular flexibility index (Phi) is 4.98. The van der Waals surface area contributed by atoms with E-state index >= 15 is 0 Å². The van der Waals surface area contributed by atoms with Crippen molar-refractivity contribution in [2.24, 2.45) is 5.92 Å². The Morgan fingerprint density at radius 1 is 1.37 bits per heavy atom. The normalized spacial score (nSPS) is 24.3. The number of methoxy groups -OCH3 is 2. The Morgan fingerprint density at radius 3 is 2.63 bits per heavy atom. The first kappa shape index (κ1) is 14.9. The lowest BCUT2D eigenvalue weighted by Gasteiger charge is -2.23. The molecular weight excluding hydrogens is 332 g/mol. The molecule has 5 heteroatoms. The zero-order valence-corrected chi connectivity index (χ0v) is 13.6. The second kappa shape index (κ2) is 6.33. The van der Waals surface area contributed by atoms with Crippen molar-refractivity contribution in [2.45, 2.75) is 24.8 Å². The van der Waals surface area contributed by atoms with Crippen LogP contribution in [0, 0.1) is 5.92 Å². The largest absolute Gasteiger partial charge is 0.495 e. The molecule has 0 radical (unpaired) electrons. The Morgan fingerprint density at radius 2 is 2.11 bits per heavy atom. The summed E-state index contributed by atoms with van der Waals surface area (Å²) in [6, 6.07) is 3.82. The van der Waals surface area contributed by atoms with Crippen LogP contribution in [0.3, 0.4) is 0 Å². The molecule has 1 fully saturated rings. The predicted octanol–water partition coefficient (Wildman–Crippen LogP) is 4.17. The van der Waals surface area contributed by atoms with Gasteiger partial charge in [-0.3, -0.25) is 0 Å². The predicted molar refractivity (Wildman–Crippen MR) is 79.4 cm³/mol. The van der Waals surface area contributed by atoms with Gasteiger partial charge in [0.05, 0.1) is 25.7 Å². The van der Waals surface area contributed by atoms with Gasteiger partial charge in [-0.15, -0.1) is 11.6 Å². The number of hydrogen-bond acceptors (Lipinski definition) is 3. The third-order valence-electron chi connectivity index (χ3n) is 3.55. The highest BCUT2D eigenvalue weighted by Crippen LogP contribution is 2.45. The second-order valence-corrected chi connectivity index (χ2v) is 5.97. The van der Waals surface area contributed by atoms with Gasteiger partial charge in [-0.05, 0) is 40.4 Å². The molecule has 1 aliphatic heterocycles. The summed E-state index contributed by atoms with van der Waals surface area (Å²) in [6.45, 7) is 2.94. The smallest absolute Gasteiger partial charge is 0.141 e. The lowest BCUT2D eigenvalue weighted by atomic mass is 9.96. The highest BCUT2D eigenvalue weighted by molar-refractivity contribution is 9.10. The first-order valence-corrected chi connectivity index (χ1v) is 7.49. The molecule has 1 aromatic rings. The zero-order valence-electron chi connectivity index (χ0n) is 11.3. The maximum atomic E-state index is 6.59. The van der Waals surface area contributed by atoms with Gasteiger partial charge in [0, 0.05) is 12.2 Å². The van der Waals surface area contributed by atoms with Gasteiger partial charge >= 0.3 is 0 Å². The fraction of sp³-hybridized carbons (Fsp3) is 0.571. The maximum Gasteiger partial charge on any atom is 0.141 e. The Labute approximate surface area is 127 Å². The number of ether oxygens (including phenoxy) is 3. The van der Waals surface area contributed by atoms with Crippen LogP contribution >= 0.6 is 27.5 Å². The van der Waals surface area contributed by atoms with Crippen LogP contribution < -0.4 is 9.47 Å². The molecule has 0 bridgehead atoms. The van der Waals surface area contributed by atoms with E-state index in [1.807, 2.05) is 12.1 Å². The van der Waals surface area contributed by atoms with Crippen molar-refractivity contribution in [1.82, 2.24) is 0 Å². The Hall–Kier alpha value is -0.450. The summed E-state index contributed by atoms with van der Waals surface area (Å²) in [5.41, 5.74) is 0.926. The van der Waals surface area contributed by atoms with Gasteiger partial charge in [0.25, 0.3) is 0 Å². The minimum Gasteiger partial charge on any atom is -0.495 e. The fourth-order valence-corrected chi connectivity index (χ4v) is 3.58. The van der Waals surface area contributed by atoms with Gasteiger partial charge in [0.15, 0.2) is 0 Å². The van der Waals surface area contributed by atoms with Crippen LogP contribution in [0.25, 0.3) is 0 Å². The van der Waals surface area contributed by atoms with Gasteiger partial charge in [0.1, 0.15) is 16.0 Å². The number of rotatable bonds is 4. The highest BCUT2D eigenvalue weighted by Gasteiger charge is 2.34. The van der Waals surface area contributed by atoms with Gasteiger partial charge in [-0.2, -0.15) is 0 Å². The standard InChI is InChI=1S/C14H18BrClO3/c1-8-6-7-19-13(8)12(16)9-4-5-10(17-2)11(15)14(9)18-3/h4-5,8,12-13H,6-7H2,1-3H3. The van der Waals surface area contributed by atoms with E-state index in [2.05, 4.69) is 22.9 Å². The summed E-state index contributed by atoms with van der Waals surface area (Å²) in [6.07, 6.45) is 1.07. The molecule has 0 aromatic heterocycles. The molecule has 1 aliphatic rings. The molecule has 0 aliphatic carbocycles. The quantitative estimate of drug-likeness (QED) is 0.764. The molecule has 1 aromatic carbocycles. The molecule has 106 valence electrons. The van der Waals surface area contributed by atoms with E-state index in [9.17, 15) is 0 Å². The maximum absolute atomic E-state index is 6.59. The molecule has 3 nitrogen and oxygen atoms in total. The molecule has 19 heavy (non-hydrogen) atoms. The van der Waals surface area contributed by atoms with E-state index in [-0.39, 0.29) is 11.5 Å². The van der Waals surface area contributed by atoms with E-state index in [4.69, 9.17) is 25.8 Å². The van der Waals surface area contributed by atoms with Crippen LogP contribution in [0.15, 0.2) is 16.6 Å². The Bertz CT molecular complexity index is 453. The van der Waals surface area contributed by atoms with Crippen molar-refractivity contribution in [2.75, 3.05) is 20.8 Å². The summed E-state index contributed by atoms with van der Waals surface area (Å²) in [7, 11) is 3.26. The number of halogens is 2. The molecule has 1 heterocycles. The van der Waals surface area contributed by atoms with Crippen molar-refractivity contribution in [3.05, 3.63) is 22.2 Å². The van der Waals surface area contributed by atoms with Crippen molar-refractivity contribution < 1.29 is 14.2 Å². The van der Waals surface area contributed by atoms with Crippen molar-refractivity contribution in [1.29, 1.82) is 0 Å². The van der Waals surface area contributed by atoms with E-state index < -0.39 is 0 Å². The van der Waals surface area contributed by atoms with Crippen molar-refractivity contribution >= 4 is 27.5 Å². The molecule has 0 spiro atoms. The lowest BCUT2D eigenvalue weighted by Crippen LogP contribution is -2.20. The summed E-state index contributed by atoms with van der Waals surface area (Å²) in [4.78, 5) is 0. The van der Waals surface area contributed by atoms with Crippen LogP contribution in [-0.4, -0.2) is 26.9 Å². The minimum atomic E-state index is -0.227. The number of alkyl halides is 1. The van der Waals surface area contributed by atoms with Gasteiger partial charge in [-0.25, -0.2) is 0 Å². The second-order valence-electron chi connectivity index (χ2n) is 4.71. The van der Waals surface area contributed by atoms with E-state index in [0.29, 0.717) is 11.7 Å². The summed E-state index contributed by atoms with van der Waals surface area (Å²) < 4.78 is 17.3. The molecule has 0 N–H and O–H groups in total. The average Bonchev–Trinajstić information content (AvgIpc) is 2.83. The summed E-state index contributed by atoms with van der Waals surface area (Å²) in [5, 5.41) is -0.227. The summed E-state index contributed by atoms with van der Waals surface area (Å²) >= 11 is 10.1. The molecule has 0 amide bonds. The highest BCUT2D eigenvalue weighted by atomic mass is 79.9. The average molecular weight is 350 g/mol. The van der Waals surface area contributed by atoms with Crippen LogP contribution in [-0.2, 0) is 4.74 Å².